The van der Waals surface area contributed by atoms with Gasteiger partial charge in [0.15, 0.2) is 11.5 Å². The van der Waals surface area contributed by atoms with E-state index in [-0.39, 0.29) is 26.3 Å². The first-order valence-electron chi connectivity index (χ1n) is 15.4. The number of aliphatic hydroxyl groups excluding tert-OH is 4. The highest BCUT2D eigenvalue weighted by Crippen LogP contribution is 2.38. The zero-order valence-electron chi connectivity index (χ0n) is 26.7. The molecule has 11 nitrogen and oxygen atoms in total. The van der Waals surface area contributed by atoms with E-state index in [1.54, 1.807) is 36.3 Å². The summed E-state index contributed by atoms with van der Waals surface area (Å²) in [6.07, 6.45) is -1.23. The lowest BCUT2D eigenvalue weighted by Crippen LogP contribution is -2.44. The number of hydrogen-bond donors (Lipinski definition) is 4. The lowest BCUT2D eigenvalue weighted by Gasteiger charge is -2.27. The van der Waals surface area contributed by atoms with E-state index in [4.69, 9.17) is 35.7 Å². The number of aliphatic hydroxyl groups is 4. The standard InChI is InChI=1S/C36H38ClN3O8/c1-22-26(4-3-5-28(22)25-6-7-32-35(12-25)46-9-8-45-32)21-48-34-13-33(47-20-24-10-23(14-38)15-39-16-24)27(11-29(34)37)17-40(2)18-30(42)36(44)31(43)19-41/h3-7,10-13,15-16,30-31,36,41-44H,8-9,17-21H2,1-2H3/t30-,31+,36+/m0/s1. The van der Waals surface area contributed by atoms with Crippen molar-refractivity contribution >= 4 is 11.6 Å². The summed E-state index contributed by atoms with van der Waals surface area (Å²) in [6, 6.07) is 19.1. The predicted molar refractivity (Wildman–Crippen MR) is 178 cm³/mol. The van der Waals surface area contributed by atoms with E-state index >= 15 is 0 Å². The maximum Gasteiger partial charge on any atom is 0.161 e. The van der Waals surface area contributed by atoms with Gasteiger partial charge in [0.2, 0.25) is 0 Å². The van der Waals surface area contributed by atoms with Crippen LogP contribution in [-0.4, -0.2) is 82.0 Å². The van der Waals surface area contributed by atoms with Crippen molar-refractivity contribution < 1.29 is 39.4 Å². The summed E-state index contributed by atoms with van der Waals surface area (Å²) in [5.74, 6) is 2.30. The molecule has 0 aliphatic carbocycles. The summed E-state index contributed by atoms with van der Waals surface area (Å²) in [6.45, 7) is 2.97. The number of rotatable bonds is 14. The van der Waals surface area contributed by atoms with Crippen LogP contribution in [-0.2, 0) is 19.8 Å². The first-order chi connectivity index (χ1) is 23.2. The maximum atomic E-state index is 10.4. The number of hydrogen-bond acceptors (Lipinski definition) is 11. The van der Waals surface area contributed by atoms with Gasteiger partial charge in [-0.05, 0) is 60.5 Å². The Hall–Kier alpha value is -4.41. The van der Waals surface area contributed by atoms with Crippen LogP contribution >= 0.6 is 11.6 Å². The van der Waals surface area contributed by atoms with Crippen molar-refractivity contribution in [1.82, 2.24) is 9.88 Å². The van der Waals surface area contributed by atoms with E-state index in [1.807, 2.05) is 43.3 Å². The van der Waals surface area contributed by atoms with Crippen molar-refractivity contribution in [3.8, 4) is 40.2 Å². The first-order valence-corrected chi connectivity index (χ1v) is 15.8. The molecule has 252 valence electrons. The van der Waals surface area contributed by atoms with Crippen LogP contribution in [0.4, 0.5) is 0 Å². The second kappa shape index (κ2) is 16.1. The number of nitrogens with zero attached hydrogens (tertiary/aromatic N) is 3. The first kappa shape index (κ1) is 34.9. The number of ether oxygens (including phenoxy) is 4. The largest absolute Gasteiger partial charge is 0.488 e. The third kappa shape index (κ3) is 8.54. The number of benzene rings is 3. The van der Waals surface area contributed by atoms with Crippen LogP contribution in [0.5, 0.6) is 23.0 Å². The SMILES string of the molecule is Cc1c(COc2cc(OCc3cncc(C#N)c3)c(CN(C)C[C@H](O)[C@@H](O)[C@H](O)CO)cc2Cl)cccc1-c1ccc2c(c1)OCCO2. The van der Waals surface area contributed by atoms with E-state index < -0.39 is 24.9 Å². The van der Waals surface area contributed by atoms with Crippen LogP contribution in [0.15, 0.2) is 67.0 Å². The molecular weight excluding hydrogens is 638 g/mol. The van der Waals surface area contributed by atoms with Gasteiger partial charge in [-0.15, -0.1) is 0 Å². The van der Waals surface area contributed by atoms with Gasteiger partial charge in [-0.3, -0.25) is 9.88 Å². The Morgan fingerprint density at radius 1 is 0.938 bits per heavy atom. The Morgan fingerprint density at radius 3 is 2.48 bits per heavy atom. The average Bonchev–Trinajstić information content (AvgIpc) is 3.10. The maximum absolute atomic E-state index is 10.4. The van der Waals surface area contributed by atoms with Gasteiger partial charge >= 0.3 is 0 Å². The smallest absolute Gasteiger partial charge is 0.161 e. The summed E-state index contributed by atoms with van der Waals surface area (Å²) < 4.78 is 23.9. The van der Waals surface area contributed by atoms with Gasteiger partial charge in [-0.1, -0.05) is 35.9 Å². The fourth-order valence-electron chi connectivity index (χ4n) is 5.40. The van der Waals surface area contributed by atoms with E-state index in [0.29, 0.717) is 52.2 Å². The molecular formula is C36H38ClN3O8. The molecule has 0 saturated heterocycles. The molecule has 0 bridgehead atoms. The number of fused-ring (bicyclic) bond motifs is 1. The van der Waals surface area contributed by atoms with E-state index in [9.17, 15) is 20.6 Å². The van der Waals surface area contributed by atoms with Gasteiger partial charge in [-0.2, -0.15) is 5.26 Å². The van der Waals surface area contributed by atoms with Crippen LogP contribution in [0.2, 0.25) is 5.02 Å². The molecule has 0 fully saturated rings. The molecule has 0 radical (unpaired) electrons. The summed E-state index contributed by atoms with van der Waals surface area (Å²) in [5, 5.41) is 49.0. The summed E-state index contributed by atoms with van der Waals surface area (Å²) in [5.41, 5.74) is 5.79. The quantitative estimate of drug-likeness (QED) is 0.153. The number of halogens is 1. The molecule has 1 aliphatic heterocycles. The minimum atomic E-state index is -1.52. The van der Waals surface area contributed by atoms with Crippen LogP contribution in [0.3, 0.4) is 0 Å². The Labute approximate surface area is 284 Å². The number of likely N-dealkylation sites (N-methyl/N-ethyl adjacent to an activating group) is 1. The summed E-state index contributed by atoms with van der Waals surface area (Å²) in [4.78, 5) is 5.83. The van der Waals surface area contributed by atoms with Crippen molar-refractivity contribution in [2.75, 3.05) is 33.4 Å². The van der Waals surface area contributed by atoms with Gasteiger partial charge in [0.25, 0.3) is 0 Å². The van der Waals surface area contributed by atoms with Crippen molar-refractivity contribution in [3.63, 3.8) is 0 Å². The molecule has 0 unspecified atom stereocenters. The number of pyridine rings is 1. The van der Waals surface area contributed by atoms with E-state index in [1.165, 1.54) is 6.20 Å². The predicted octanol–water partition coefficient (Wildman–Crippen LogP) is 4.02. The Morgan fingerprint density at radius 2 is 1.71 bits per heavy atom. The lowest BCUT2D eigenvalue weighted by atomic mass is 9.96. The van der Waals surface area contributed by atoms with Gasteiger partial charge in [0.1, 0.15) is 56.2 Å². The van der Waals surface area contributed by atoms with E-state index in [2.05, 4.69) is 11.1 Å². The Kier molecular flexibility index (Phi) is 11.7. The minimum absolute atomic E-state index is 0.0132. The van der Waals surface area contributed by atoms with Crippen molar-refractivity contribution in [1.29, 1.82) is 5.26 Å². The molecule has 0 spiro atoms. The van der Waals surface area contributed by atoms with Crippen LogP contribution in [0, 0.1) is 18.3 Å². The number of aromatic nitrogens is 1. The third-order valence-corrected chi connectivity index (χ3v) is 8.33. The minimum Gasteiger partial charge on any atom is -0.488 e. The fourth-order valence-corrected chi connectivity index (χ4v) is 5.64. The molecule has 4 N–H and O–H groups in total. The highest BCUT2D eigenvalue weighted by molar-refractivity contribution is 6.32. The molecule has 48 heavy (non-hydrogen) atoms. The zero-order valence-corrected chi connectivity index (χ0v) is 27.4. The number of nitriles is 1. The summed E-state index contributed by atoms with van der Waals surface area (Å²) >= 11 is 6.74. The van der Waals surface area contributed by atoms with Crippen molar-refractivity contribution in [2.45, 2.75) is 45.0 Å². The topological polar surface area (TPSA) is 158 Å². The van der Waals surface area contributed by atoms with Crippen molar-refractivity contribution in [3.05, 3.63) is 99.8 Å². The molecule has 5 rings (SSSR count). The average molecular weight is 676 g/mol. The Bertz CT molecular complexity index is 1760. The second-order valence-electron chi connectivity index (χ2n) is 11.6. The molecule has 12 heteroatoms. The van der Waals surface area contributed by atoms with Crippen molar-refractivity contribution in [2.24, 2.45) is 0 Å². The molecule has 0 saturated carbocycles. The molecule has 1 aromatic heterocycles. The van der Waals surface area contributed by atoms with Crippen LogP contribution in [0.25, 0.3) is 11.1 Å². The molecule has 3 aromatic carbocycles. The third-order valence-electron chi connectivity index (χ3n) is 8.03. The zero-order chi connectivity index (χ0) is 34.2. The van der Waals surface area contributed by atoms with Gasteiger partial charge in [0, 0.05) is 42.7 Å². The fraction of sp³-hybridized carbons (Fsp3) is 0.333. The molecule has 0 amide bonds. The van der Waals surface area contributed by atoms with Crippen LogP contribution < -0.4 is 18.9 Å². The van der Waals surface area contributed by atoms with Gasteiger partial charge < -0.3 is 39.4 Å². The highest BCUT2D eigenvalue weighted by atomic mass is 35.5. The van der Waals surface area contributed by atoms with Gasteiger partial charge in [-0.25, -0.2) is 0 Å². The second-order valence-corrected chi connectivity index (χ2v) is 12.0. The monoisotopic (exact) mass is 675 g/mol. The molecule has 4 aromatic rings. The highest BCUT2D eigenvalue weighted by Gasteiger charge is 2.26. The molecule has 1 aliphatic rings. The van der Waals surface area contributed by atoms with E-state index in [0.717, 1.165) is 28.0 Å². The van der Waals surface area contributed by atoms with Gasteiger partial charge in [0.05, 0.1) is 23.3 Å². The van der Waals surface area contributed by atoms with Crippen LogP contribution in [0.1, 0.15) is 27.8 Å². The normalized spacial score (nSPS) is 14.2. The molecule has 2 heterocycles. The Balaban J connectivity index is 1.36. The molecule has 3 atom stereocenters. The summed E-state index contributed by atoms with van der Waals surface area (Å²) in [7, 11) is 1.72. The lowest BCUT2D eigenvalue weighted by molar-refractivity contribution is -0.0830.